The molecule has 0 spiro atoms. The van der Waals surface area contributed by atoms with Crippen molar-refractivity contribution in [2.45, 2.75) is 13.3 Å². The third-order valence-corrected chi connectivity index (χ3v) is 3.90. The summed E-state index contributed by atoms with van der Waals surface area (Å²) in [5.41, 5.74) is 1.29. The number of nitrogens with zero attached hydrogens (tertiary/aromatic N) is 1. The molecule has 0 atom stereocenters. The Balaban J connectivity index is 2.16. The van der Waals surface area contributed by atoms with Gasteiger partial charge >= 0.3 is 5.97 Å². The van der Waals surface area contributed by atoms with Gasteiger partial charge in [-0.3, -0.25) is 9.59 Å². The molecule has 2 rings (SSSR count). The fourth-order valence-corrected chi connectivity index (χ4v) is 2.81. The van der Waals surface area contributed by atoms with Gasteiger partial charge in [0.15, 0.2) is 0 Å². The van der Waals surface area contributed by atoms with Crippen molar-refractivity contribution in [1.29, 1.82) is 0 Å². The molecule has 1 aliphatic heterocycles. The van der Waals surface area contributed by atoms with Crippen molar-refractivity contribution in [1.82, 2.24) is 4.90 Å². The van der Waals surface area contributed by atoms with Crippen LogP contribution < -0.4 is 5.32 Å². The maximum Gasteiger partial charge on any atom is 0.307 e. The third kappa shape index (κ3) is 4.13. The number of hydrogen-bond donors (Lipinski definition) is 1. The Morgan fingerprint density at radius 1 is 1.52 bits per heavy atom. The number of halogens is 1. The average molecular weight is 418 g/mol. The van der Waals surface area contributed by atoms with Crippen molar-refractivity contribution in [3.05, 3.63) is 27.3 Å². The fourth-order valence-electron chi connectivity index (χ4n) is 2.05. The van der Waals surface area contributed by atoms with E-state index < -0.39 is 0 Å². The molecule has 0 radical (unpaired) electrons. The van der Waals surface area contributed by atoms with Crippen LogP contribution in [0.1, 0.15) is 23.7 Å². The van der Waals surface area contributed by atoms with Gasteiger partial charge in [-0.05, 0) is 47.7 Å². The molecule has 0 aliphatic carbocycles. The summed E-state index contributed by atoms with van der Waals surface area (Å²) < 4.78 is 5.91. The van der Waals surface area contributed by atoms with Gasteiger partial charge in [-0.15, -0.1) is 0 Å². The van der Waals surface area contributed by atoms with Crippen molar-refractivity contribution in [3.63, 3.8) is 0 Å². The van der Waals surface area contributed by atoms with E-state index in [0.29, 0.717) is 30.2 Å². The second-order valence-electron chi connectivity index (χ2n) is 4.52. The number of carbonyl (C=O) groups is 2. The molecule has 5 nitrogen and oxygen atoms in total. The lowest BCUT2D eigenvalue weighted by Gasteiger charge is -2.19. The van der Waals surface area contributed by atoms with Crippen molar-refractivity contribution >= 4 is 57.4 Å². The molecule has 0 bridgehead atoms. The first kappa shape index (κ1) is 16.2. The highest BCUT2D eigenvalue weighted by Crippen LogP contribution is 2.23. The molecule has 0 saturated carbocycles. The minimum absolute atomic E-state index is 0.127. The number of amides is 1. The second-order valence-corrected chi connectivity index (χ2v) is 6.26. The molecule has 1 aliphatic rings. The molecule has 0 saturated heterocycles. The summed E-state index contributed by atoms with van der Waals surface area (Å²) in [4.78, 5) is 26.1. The molecule has 0 aromatic heterocycles. The minimum Gasteiger partial charge on any atom is -0.466 e. The minimum atomic E-state index is -0.309. The average Bonchev–Trinajstić information content (AvgIpc) is 2.53. The van der Waals surface area contributed by atoms with Crippen LogP contribution in [0.3, 0.4) is 0 Å². The van der Waals surface area contributed by atoms with Crippen LogP contribution in [0.5, 0.6) is 0 Å². The number of anilines is 1. The Bertz CT molecular complexity index is 592. The van der Waals surface area contributed by atoms with Crippen LogP contribution in [0.25, 0.3) is 0 Å². The van der Waals surface area contributed by atoms with Crippen LogP contribution in [-0.2, 0) is 9.53 Å². The third-order valence-electron chi connectivity index (χ3n) is 3.00. The number of rotatable bonds is 4. The standard InChI is InChI=1S/C14H15IN2O3S/c1-2-20-13(18)5-6-17-8-12(21)16-11-7-9(15)3-4-10(11)14(17)19/h3-4,7H,2,5-6,8H2,1H3,(H,16,21). The van der Waals surface area contributed by atoms with Crippen LogP contribution >= 0.6 is 34.8 Å². The molecule has 1 aromatic rings. The Labute approximate surface area is 142 Å². The first-order valence-electron chi connectivity index (χ1n) is 6.55. The van der Waals surface area contributed by atoms with Crippen LogP contribution in [0.4, 0.5) is 5.69 Å². The zero-order valence-electron chi connectivity index (χ0n) is 11.5. The summed E-state index contributed by atoms with van der Waals surface area (Å²) in [6, 6.07) is 5.53. The van der Waals surface area contributed by atoms with E-state index in [4.69, 9.17) is 17.0 Å². The molecule has 1 aromatic carbocycles. The van der Waals surface area contributed by atoms with E-state index in [9.17, 15) is 9.59 Å². The topological polar surface area (TPSA) is 58.6 Å². The molecule has 1 N–H and O–H groups in total. The zero-order valence-corrected chi connectivity index (χ0v) is 14.5. The predicted octanol–water partition coefficient (Wildman–Crippen LogP) is 2.44. The van der Waals surface area contributed by atoms with E-state index in [1.54, 1.807) is 17.9 Å². The maximum atomic E-state index is 12.5. The van der Waals surface area contributed by atoms with E-state index in [2.05, 4.69) is 27.9 Å². The Morgan fingerprint density at radius 2 is 2.29 bits per heavy atom. The lowest BCUT2D eigenvalue weighted by atomic mass is 10.1. The lowest BCUT2D eigenvalue weighted by molar-refractivity contribution is -0.143. The summed E-state index contributed by atoms with van der Waals surface area (Å²) in [5.74, 6) is -0.436. The Hall–Kier alpha value is -1.22. The molecular formula is C14H15IN2O3S. The van der Waals surface area contributed by atoms with Gasteiger partial charge in [0, 0.05) is 10.1 Å². The SMILES string of the molecule is CCOC(=O)CCN1CC(=S)Nc2cc(I)ccc2C1=O. The molecule has 7 heteroatoms. The summed E-state index contributed by atoms with van der Waals surface area (Å²) in [6.45, 7) is 2.70. The number of nitrogens with one attached hydrogen (secondary N) is 1. The van der Waals surface area contributed by atoms with Crippen molar-refractivity contribution in [2.24, 2.45) is 0 Å². The number of thiocarbonyl (C=S) groups is 1. The summed E-state index contributed by atoms with van der Waals surface area (Å²) in [7, 11) is 0. The van der Waals surface area contributed by atoms with E-state index in [1.165, 1.54) is 0 Å². The van der Waals surface area contributed by atoms with Crippen LogP contribution in [0, 0.1) is 3.57 Å². The van der Waals surface area contributed by atoms with Gasteiger partial charge in [-0.2, -0.15) is 0 Å². The molecular weight excluding hydrogens is 403 g/mol. The number of benzene rings is 1. The smallest absolute Gasteiger partial charge is 0.307 e. The number of hydrogen-bond acceptors (Lipinski definition) is 4. The lowest BCUT2D eigenvalue weighted by Crippen LogP contribution is -2.36. The largest absolute Gasteiger partial charge is 0.466 e. The van der Waals surface area contributed by atoms with E-state index >= 15 is 0 Å². The van der Waals surface area contributed by atoms with Crippen LogP contribution in [-0.4, -0.2) is 41.5 Å². The number of carbonyl (C=O) groups excluding carboxylic acids is 2. The predicted molar refractivity (Wildman–Crippen MR) is 92.5 cm³/mol. The van der Waals surface area contributed by atoms with Crippen molar-refractivity contribution in [3.8, 4) is 0 Å². The van der Waals surface area contributed by atoms with E-state index in [1.807, 2.05) is 12.1 Å². The van der Waals surface area contributed by atoms with E-state index in [0.717, 1.165) is 9.26 Å². The number of ether oxygens (including phenoxy) is 1. The highest BCUT2D eigenvalue weighted by atomic mass is 127. The van der Waals surface area contributed by atoms with Gasteiger partial charge in [0.1, 0.15) is 0 Å². The van der Waals surface area contributed by atoms with Gasteiger partial charge in [0.2, 0.25) is 0 Å². The summed E-state index contributed by atoms with van der Waals surface area (Å²) in [5, 5.41) is 3.08. The normalized spacial score (nSPS) is 14.3. The highest BCUT2D eigenvalue weighted by molar-refractivity contribution is 14.1. The first-order valence-corrected chi connectivity index (χ1v) is 8.04. The van der Waals surface area contributed by atoms with Gasteiger partial charge in [-0.1, -0.05) is 12.2 Å². The Morgan fingerprint density at radius 3 is 3.00 bits per heavy atom. The van der Waals surface area contributed by atoms with Gasteiger partial charge < -0.3 is 15.0 Å². The van der Waals surface area contributed by atoms with Gasteiger partial charge in [0.05, 0.1) is 35.8 Å². The molecule has 112 valence electrons. The monoisotopic (exact) mass is 418 g/mol. The molecule has 1 amide bonds. The quantitative estimate of drug-likeness (QED) is 0.463. The molecule has 21 heavy (non-hydrogen) atoms. The number of esters is 1. The number of fused-ring (bicyclic) bond motifs is 1. The molecule has 0 unspecified atom stereocenters. The first-order chi connectivity index (χ1) is 10.0. The molecule has 1 heterocycles. The zero-order chi connectivity index (χ0) is 15.4. The summed E-state index contributed by atoms with van der Waals surface area (Å²) in [6.07, 6.45) is 0.169. The van der Waals surface area contributed by atoms with Crippen LogP contribution in [0.15, 0.2) is 18.2 Å². The molecule has 0 fully saturated rings. The highest BCUT2D eigenvalue weighted by Gasteiger charge is 2.25. The van der Waals surface area contributed by atoms with Crippen LogP contribution in [0.2, 0.25) is 0 Å². The van der Waals surface area contributed by atoms with E-state index in [-0.39, 0.29) is 18.3 Å². The second kappa shape index (κ2) is 7.17. The Kier molecular flexibility index (Phi) is 5.51. The van der Waals surface area contributed by atoms with Crippen molar-refractivity contribution in [2.75, 3.05) is 25.0 Å². The van der Waals surface area contributed by atoms with Crippen molar-refractivity contribution < 1.29 is 14.3 Å². The van der Waals surface area contributed by atoms with Gasteiger partial charge in [0.25, 0.3) is 5.91 Å². The summed E-state index contributed by atoms with van der Waals surface area (Å²) >= 11 is 7.43. The maximum absolute atomic E-state index is 12.5. The fraction of sp³-hybridized carbons (Fsp3) is 0.357. The van der Waals surface area contributed by atoms with Gasteiger partial charge in [-0.25, -0.2) is 0 Å².